The summed E-state index contributed by atoms with van der Waals surface area (Å²) in [4.78, 5) is 13.8. The Hall–Kier alpha value is -1.81. The van der Waals surface area contributed by atoms with Crippen molar-refractivity contribution >= 4 is 16.8 Å². The van der Waals surface area contributed by atoms with Gasteiger partial charge in [-0.3, -0.25) is 4.79 Å². The SMILES string of the molecule is NC(=O)CCNCc1cccc2cc[nH]c12. The van der Waals surface area contributed by atoms with Crippen molar-refractivity contribution in [1.82, 2.24) is 10.3 Å². The first-order valence-corrected chi connectivity index (χ1v) is 5.31. The van der Waals surface area contributed by atoms with Gasteiger partial charge in [0.2, 0.25) is 5.91 Å². The van der Waals surface area contributed by atoms with Crippen LogP contribution in [0.25, 0.3) is 10.9 Å². The summed E-state index contributed by atoms with van der Waals surface area (Å²) in [5, 5.41) is 4.40. The minimum atomic E-state index is -0.273. The van der Waals surface area contributed by atoms with E-state index in [4.69, 9.17) is 5.73 Å². The van der Waals surface area contributed by atoms with Crippen LogP contribution in [-0.2, 0) is 11.3 Å². The molecule has 0 spiro atoms. The van der Waals surface area contributed by atoms with Crippen molar-refractivity contribution in [3.8, 4) is 0 Å². The van der Waals surface area contributed by atoms with E-state index in [2.05, 4.69) is 22.4 Å². The molecule has 4 nitrogen and oxygen atoms in total. The molecule has 1 aromatic heterocycles. The van der Waals surface area contributed by atoms with E-state index in [-0.39, 0.29) is 5.91 Å². The topological polar surface area (TPSA) is 70.9 Å². The Morgan fingerprint density at radius 2 is 2.25 bits per heavy atom. The summed E-state index contributed by atoms with van der Waals surface area (Å²) in [5.74, 6) is -0.273. The van der Waals surface area contributed by atoms with E-state index in [1.807, 2.05) is 18.3 Å². The number of hydrogen-bond acceptors (Lipinski definition) is 2. The fourth-order valence-electron chi connectivity index (χ4n) is 1.73. The Morgan fingerprint density at radius 1 is 1.38 bits per heavy atom. The highest BCUT2D eigenvalue weighted by atomic mass is 16.1. The molecule has 84 valence electrons. The third-order valence-electron chi connectivity index (χ3n) is 2.54. The average Bonchev–Trinajstić information content (AvgIpc) is 2.72. The lowest BCUT2D eigenvalue weighted by molar-refractivity contribution is -0.117. The number of amides is 1. The van der Waals surface area contributed by atoms with Crippen LogP contribution in [0, 0.1) is 0 Å². The number of rotatable bonds is 5. The first kappa shape index (κ1) is 10.7. The van der Waals surface area contributed by atoms with Gasteiger partial charge in [0.25, 0.3) is 0 Å². The molecule has 0 aliphatic carbocycles. The van der Waals surface area contributed by atoms with Crippen LogP contribution in [0.15, 0.2) is 30.5 Å². The first-order chi connectivity index (χ1) is 7.77. The Morgan fingerprint density at radius 3 is 3.06 bits per heavy atom. The molecule has 4 N–H and O–H groups in total. The van der Waals surface area contributed by atoms with Gasteiger partial charge in [-0.2, -0.15) is 0 Å². The summed E-state index contributed by atoms with van der Waals surface area (Å²) < 4.78 is 0. The molecule has 0 atom stereocenters. The largest absolute Gasteiger partial charge is 0.370 e. The number of aromatic nitrogens is 1. The third kappa shape index (κ3) is 2.41. The standard InChI is InChI=1S/C12H15N3O/c13-11(16)5-6-14-8-10-3-1-2-9-4-7-15-12(9)10/h1-4,7,14-15H,5-6,8H2,(H2,13,16). The van der Waals surface area contributed by atoms with Crippen LogP contribution in [0.1, 0.15) is 12.0 Å². The summed E-state index contributed by atoms with van der Waals surface area (Å²) >= 11 is 0. The van der Waals surface area contributed by atoms with Crippen LogP contribution < -0.4 is 11.1 Å². The molecule has 16 heavy (non-hydrogen) atoms. The van der Waals surface area contributed by atoms with Gasteiger partial charge >= 0.3 is 0 Å². The highest BCUT2D eigenvalue weighted by Gasteiger charge is 2.01. The molecular weight excluding hydrogens is 202 g/mol. The van der Waals surface area contributed by atoms with Gasteiger partial charge in [0, 0.05) is 31.2 Å². The zero-order valence-corrected chi connectivity index (χ0v) is 8.99. The molecular formula is C12H15N3O. The number of fused-ring (bicyclic) bond motifs is 1. The van der Waals surface area contributed by atoms with Gasteiger partial charge in [-0.05, 0) is 17.0 Å². The van der Waals surface area contributed by atoms with E-state index < -0.39 is 0 Å². The Kier molecular flexibility index (Phi) is 3.22. The smallest absolute Gasteiger partial charge is 0.218 e. The Labute approximate surface area is 93.8 Å². The third-order valence-corrected chi connectivity index (χ3v) is 2.54. The maximum absolute atomic E-state index is 10.6. The minimum Gasteiger partial charge on any atom is -0.370 e. The fraction of sp³-hybridized carbons (Fsp3) is 0.250. The lowest BCUT2D eigenvalue weighted by Crippen LogP contribution is -2.21. The number of H-pyrrole nitrogens is 1. The predicted octanol–water partition coefficient (Wildman–Crippen LogP) is 1.13. The van der Waals surface area contributed by atoms with E-state index in [0.717, 1.165) is 12.1 Å². The number of nitrogens with two attached hydrogens (primary N) is 1. The molecule has 0 saturated heterocycles. The monoisotopic (exact) mass is 217 g/mol. The Balaban J connectivity index is 1.98. The number of hydrogen-bond donors (Lipinski definition) is 3. The highest BCUT2D eigenvalue weighted by molar-refractivity contribution is 5.82. The van der Waals surface area contributed by atoms with Crippen molar-refractivity contribution in [2.45, 2.75) is 13.0 Å². The van der Waals surface area contributed by atoms with E-state index in [1.54, 1.807) is 0 Å². The highest BCUT2D eigenvalue weighted by Crippen LogP contribution is 2.16. The van der Waals surface area contributed by atoms with Crippen molar-refractivity contribution in [3.05, 3.63) is 36.0 Å². The molecule has 0 aliphatic heterocycles. The maximum atomic E-state index is 10.6. The molecule has 2 rings (SSSR count). The van der Waals surface area contributed by atoms with Gasteiger partial charge in [0.05, 0.1) is 0 Å². The second-order valence-corrected chi connectivity index (χ2v) is 3.75. The number of aromatic amines is 1. The Bertz CT molecular complexity index is 490. The molecule has 0 radical (unpaired) electrons. The summed E-state index contributed by atoms with van der Waals surface area (Å²) in [6.45, 7) is 1.36. The molecule has 1 aromatic carbocycles. The molecule has 0 fully saturated rings. The van der Waals surface area contributed by atoms with E-state index in [0.29, 0.717) is 13.0 Å². The molecule has 0 bridgehead atoms. The van der Waals surface area contributed by atoms with E-state index >= 15 is 0 Å². The number of primary amides is 1. The average molecular weight is 217 g/mol. The van der Waals surface area contributed by atoms with Crippen LogP contribution in [-0.4, -0.2) is 17.4 Å². The lowest BCUT2D eigenvalue weighted by Gasteiger charge is -2.04. The zero-order valence-electron chi connectivity index (χ0n) is 8.99. The van der Waals surface area contributed by atoms with E-state index in [9.17, 15) is 4.79 Å². The number of nitrogens with one attached hydrogen (secondary N) is 2. The second kappa shape index (κ2) is 4.81. The van der Waals surface area contributed by atoms with Gasteiger partial charge in [-0.15, -0.1) is 0 Å². The van der Waals surface area contributed by atoms with Crippen molar-refractivity contribution in [2.24, 2.45) is 5.73 Å². The predicted molar refractivity (Wildman–Crippen MR) is 63.8 cm³/mol. The molecule has 1 amide bonds. The maximum Gasteiger partial charge on any atom is 0.218 e. The first-order valence-electron chi connectivity index (χ1n) is 5.31. The van der Waals surface area contributed by atoms with Crippen LogP contribution >= 0.6 is 0 Å². The summed E-state index contributed by atoms with van der Waals surface area (Å²) in [6.07, 6.45) is 2.30. The van der Waals surface area contributed by atoms with Gasteiger partial charge in [0.15, 0.2) is 0 Å². The van der Waals surface area contributed by atoms with Crippen molar-refractivity contribution in [1.29, 1.82) is 0 Å². The quantitative estimate of drug-likeness (QED) is 0.657. The normalized spacial score (nSPS) is 10.8. The van der Waals surface area contributed by atoms with Gasteiger partial charge in [0.1, 0.15) is 0 Å². The zero-order chi connectivity index (χ0) is 11.4. The molecule has 4 heteroatoms. The number of para-hydroxylation sites is 1. The summed E-state index contributed by atoms with van der Waals surface area (Å²) in [5.41, 5.74) is 7.41. The van der Waals surface area contributed by atoms with Crippen molar-refractivity contribution in [2.75, 3.05) is 6.54 Å². The second-order valence-electron chi connectivity index (χ2n) is 3.75. The number of benzene rings is 1. The fourth-order valence-corrected chi connectivity index (χ4v) is 1.73. The minimum absolute atomic E-state index is 0.273. The lowest BCUT2D eigenvalue weighted by atomic mass is 10.1. The van der Waals surface area contributed by atoms with E-state index in [1.165, 1.54) is 10.9 Å². The van der Waals surface area contributed by atoms with Crippen LogP contribution in [0.2, 0.25) is 0 Å². The summed E-state index contributed by atoms with van der Waals surface area (Å²) in [7, 11) is 0. The van der Waals surface area contributed by atoms with Gasteiger partial charge < -0.3 is 16.0 Å². The van der Waals surface area contributed by atoms with Crippen molar-refractivity contribution < 1.29 is 4.79 Å². The van der Waals surface area contributed by atoms with Gasteiger partial charge in [-0.25, -0.2) is 0 Å². The van der Waals surface area contributed by atoms with Crippen LogP contribution in [0.5, 0.6) is 0 Å². The van der Waals surface area contributed by atoms with Crippen LogP contribution in [0.3, 0.4) is 0 Å². The summed E-state index contributed by atoms with van der Waals surface area (Å²) in [6, 6.07) is 8.21. The number of carbonyl (C=O) groups is 1. The molecule has 0 saturated carbocycles. The van der Waals surface area contributed by atoms with Crippen molar-refractivity contribution in [3.63, 3.8) is 0 Å². The number of carbonyl (C=O) groups excluding carboxylic acids is 1. The molecule has 2 aromatic rings. The molecule has 0 unspecified atom stereocenters. The molecule has 0 aliphatic rings. The molecule has 1 heterocycles. The van der Waals surface area contributed by atoms with Crippen LogP contribution in [0.4, 0.5) is 0 Å². The van der Waals surface area contributed by atoms with Gasteiger partial charge in [-0.1, -0.05) is 18.2 Å².